The van der Waals surface area contributed by atoms with Crippen LogP contribution in [0.5, 0.6) is 0 Å². The van der Waals surface area contributed by atoms with E-state index in [0.717, 1.165) is 56.0 Å². The smallest absolute Gasteiger partial charge is 0.160 e. The van der Waals surface area contributed by atoms with Crippen molar-refractivity contribution in [2.75, 3.05) is 19.1 Å². The molecule has 2 aromatic rings. The van der Waals surface area contributed by atoms with E-state index < -0.39 is 0 Å². The van der Waals surface area contributed by atoms with Crippen LogP contribution in [0.1, 0.15) is 18.7 Å². The van der Waals surface area contributed by atoms with E-state index in [1.807, 2.05) is 6.07 Å². The highest BCUT2D eigenvalue weighted by atomic mass is 35.5. The molecule has 3 rings (SSSR count). The second-order valence-electron chi connectivity index (χ2n) is 5.13. The zero-order chi connectivity index (χ0) is 13.9. The number of hydrogen-bond acceptors (Lipinski definition) is 3. The van der Waals surface area contributed by atoms with Crippen LogP contribution in [0, 0.1) is 5.92 Å². The molecule has 1 fully saturated rings. The fourth-order valence-electron chi connectivity index (χ4n) is 2.67. The summed E-state index contributed by atoms with van der Waals surface area (Å²) in [7, 11) is 0. The highest BCUT2D eigenvalue weighted by Crippen LogP contribution is 2.22. The molecule has 1 saturated heterocycles. The summed E-state index contributed by atoms with van der Waals surface area (Å²) in [5, 5.41) is 0.615. The molecule has 0 bridgehead atoms. The maximum Gasteiger partial charge on any atom is 0.160 e. The zero-order valence-electron chi connectivity index (χ0n) is 11.2. The number of nitrogens with zero attached hydrogens (tertiary/aromatic N) is 3. The minimum atomic E-state index is 0.559. The molecule has 1 aliphatic rings. The quantitative estimate of drug-likeness (QED) is 0.795. The van der Waals surface area contributed by atoms with Gasteiger partial charge in [0.05, 0.1) is 5.02 Å². The van der Waals surface area contributed by atoms with Crippen LogP contribution in [0.25, 0.3) is 11.2 Å². The molecule has 0 saturated carbocycles. The third kappa shape index (κ3) is 2.92. The lowest BCUT2D eigenvalue weighted by molar-refractivity contribution is 0.183. The molecular weight excluding hydrogens is 297 g/mol. The lowest BCUT2D eigenvalue weighted by Crippen LogP contribution is -2.10. The average molecular weight is 314 g/mol. The van der Waals surface area contributed by atoms with E-state index in [1.54, 1.807) is 6.20 Å². The summed E-state index contributed by atoms with van der Waals surface area (Å²) in [5.74, 6) is 2.19. The molecule has 3 heterocycles. The van der Waals surface area contributed by atoms with E-state index in [9.17, 15) is 0 Å². The van der Waals surface area contributed by atoms with Crippen LogP contribution in [0.2, 0.25) is 5.02 Å². The van der Waals surface area contributed by atoms with Crippen LogP contribution in [0.15, 0.2) is 12.3 Å². The standard InChI is InChI=1S/C14H17Cl2N3O/c15-4-1-13-18-12-7-11(16)8-17-14(12)19(13)5-2-10-3-6-20-9-10/h7-8,10H,1-6,9H2. The van der Waals surface area contributed by atoms with Crippen LogP contribution in [0.3, 0.4) is 0 Å². The van der Waals surface area contributed by atoms with Gasteiger partial charge in [-0.2, -0.15) is 0 Å². The average Bonchev–Trinajstić information content (AvgIpc) is 3.04. The molecule has 4 nitrogen and oxygen atoms in total. The summed E-state index contributed by atoms with van der Waals surface area (Å²) in [6, 6.07) is 1.86. The van der Waals surface area contributed by atoms with Gasteiger partial charge in [-0.15, -0.1) is 11.6 Å². The van der Waals surface area contributed by atoms with Gasteiger partial charge in [0, 0.05) is 38.3 Å². The van der Waals surface area contributed by atoms with Crippen molar-refractivity contribution >= 4 is 34.4 Å². The summed E-state index contributed by atoms with van der Waals surface area (Å²) >= 11 is 11.9. The van der Waals surface area contributed by atoms with Crippen molar-refractivity contribution in [3.63, 3.8) is 0 Å². The Hall–Kier alpha value is -0.840. The van der Waals surface area contributed by atoms with Gasteiger partial charge in [0.1, 0.15) is 11.3 Å². The maximum absolute atomic E-state index is 5.98. The molecule has 0 aromatic carbocycles. The van der Waals surface area contributed by atoms with Crippen LogP contribution in [-0.2, 0) is 17.7 Å². The van der Waals surface area contributed by atoms with Gasteiger partial charge in [-0.1, -0.05) is 11.6 Å². The Morgan fingerprint density at radius 3 is 3.10 bits per heavy atom. The Morgan fingerprint density at radius 1 is 1.45 bits per heavy atom. The van der Waals surface area contributed by atoms with Gasteiger partial charge < -0.3 is 9.30 Å². The fourth-order valence-corrected chi connectivity index (χ4v) is 2.99. The Balaban J connectivity index is 1.87. The normalized spacial score (nSPS) is 19.0. The van der Waals surface area contributed by atoms with E-state index in [1.165, 1.54) is 0 Å². The minimum absolute atomic E-state index is 0.559. The number of aromatic nitrogens is 3. The van der Waals surface area contributed by atoms with Crippen LogP contribution in [0.4, 0.5) is 0 Å². The first-order chi connectivity index (χ1) is 9.78. The number of halogens is 2. The predicted molar refractivity (Wildman–Crippen MR) is 80.5 cm³/mol. The number of imidazole rings is 1. The van der Waals surface area contributed by atoms with Crippen molar-refractivity contribution in [1.82, 2.24) is 14.5 Å². The lowest BCUT2D eigenvalue weighted by Gasteiger charge is -2.11. The molecule has 0 spiro atoms. The summed E-state index contributed by atoms with van der Waals surface area (Å²) in [6.45, 7) is 2.67. The molecule has 1 unspecified atom stereocenters. The van der Waals surface area contributed by atoms with Crippen molar-refractivity contribution in [1.29, 1.82) is 0 Å². The molecule has 0 amide bonds. The van der Waals surface area contributed by atoms with E-state index >= 15 is 0 Å². The predicted octanol–water partition coefficient (Wildman–Crippen LogP) is 3.29. The summed E-state index contributed by atoms with van der Waals surface area (Å²) in [6.07, 6.45) is 4.66. The van der Waals surface area contributed by atoms with E-state index in [4.69, 9.17) is 27.9 Å². The second kappa shape index (κ2) is 6.29. The number of fused-ring (bicyclic) bond motifs is 1. The van der Waals surface area contributed by atoms with Crippen molar-refractivity contribution in [3.8, 4) is 0 Å². The monoisotopic (exact) mass is 313 g/mol. The topological polar surface area (TPSA) is 39.9 Å². The third-order valence-electron chi connectivity index (χ3n) is 3.73. The third-order valence-corrected chi connectivity index (χ3v) is 4.13. The van der Waals surface area contributed by atoms with E-state index in [2.05, 4.69) is 14.5 Å². The largest absolute Gasteiger partial charge is 0.381 e. The maximum atomic E-state index is 5.98. The molecular formula is C14H17Cl2N3O. The Kier molecular flexibility index (Phi) is 4.44. The summed E-state index contributed by atoms with van der Waals surface area (Å²) in [4.78, 5) is 9.03. The summed E-state index contributed by atoms with van der Waals surface area (Å²) in [5.41, 5.74) is 1.74. The van der Waals surface area contributed by atoms with E-state index in [-0.39, 0.29) is 0 Å². The van der Waals surface area contributed by atoms with Gasteiger partial charge >= 0.3 is 0 Å². The van der Waals surface area contributed by atoms with Gasteiger partial charge in [0.2, 0.25) is 0 Å². The van der Waals surface area contributed by atoms with Gasteiger partial charge in [-0.25, -0.2) is 9.97 Å². The molecule has 0 radical (unpaired) electrons. The first-order valence-electron chi connectivity index (χ1n) is 6.92. The molecule has 20 heavy (non-hydrogen) atoms. The molecule has 1 aliphatic heterocycles. The number of ether oxygens (including phenoxy) is 1. The van der Waals surface area contributed by atoms with Crippen molar-refractivity contribution in [2.24, 2.45) is 5.92 Å². The highest BCUT2D eigenvalue weighted by molar-refractivity contribution is 6.31. The lowest BCUT2D eigenvalue weighted by atomic mass is 10.1. The number of alkyl halides is 1. The highest BCUT2D eigenvalue weighted by Gasteiger charge is 2.18. The van der Waals surface area contributed by atoms with Gasteiger partial charge in [-0.3, -0.25) is 0 Å². The van der Waals surface area contributed by atoms with Crippen molar-refractivity contribution < 1.29 is 4.74 Å². The van der Waals surface area contributed by atoms with Crippen LogP contribution >= 0.6 is 23.2 Å². The van der Waals surface area contributed by atoms with Gasteiger partial charge in [-0.05, 0) is 24.8 Å². The minimum Gasteiger partial charge on any atom is -0.381 e. The SMILES string of the molecule is ClCCc1nc2cc(Cl)cnc2n1CCC1CCOC1. The first-order valence-corrected chi connectivity index (χ1v) is 7.83. The zero-order valence-corrected chi connectivity index (χ0v) is 12.7. The van der Waals surface area contributed by atoms with Crippen molar-refractivity contribution in [3.05, 3.63) is 23.1 Å². The number of pyridine rings is 1. The Bertz CT molecular complexity index is 593. The van der Waals surface area contributed by atoms with Gasteiger partial charge in [0.25, 0.3) is 0 Å². The molecule has 108 valence electrons. The van der Waals surface area contributed by atoms with Crippen molar-refractivity contribution in [2.45, 2.75) is 25.8 Å². The van der Waals surface area contributed by atoms with Gasteiger partial charge in [0.15, 0.2) is 5.65 Å². The molecule has 6 heteroatoms. The molecule has 0 N–H and O–H groups in total. The number of rotatable bonds is 5. The van der Waals surface area contributed by atoms with Crippen LogP contribution in [-0.4, -0.2) is 33.6 Å². The van der Waals surface area contributed by atoms with Crippen LogP contribution < -0.4 is 0 Å². The van der Waals surface area contributed by atoms with E-state index in [0.29, 0.717) is 16.8 Å². The first kappa shape index (κ1) is 14.1. The number of aryl methyl sites for hydroxylation is 2. The Labute approximate surface area is 128 Å². The molecule has 0 aliphatic carbocycles. The Morgan fingerprint density at radius 2 is 2.35 bits per heavy atom. The fraction of sp³-hybridized carbons (Fsp3) is 0.571. The second-order valence-corrected chi connectivity index (χ2v) is 5.95. The number of hydrogen-bond donors (Lipinski definition) is 0. The summed E-state index contributed by atoms with van der Waals surface area (Å²) < 4.78 is 7.60. The molecule has 1 atom stereocenters. The molecule has 2 aromatic heterocycles.